The molecule has 0 bridgehead atoms. The lowest BCUT2D eigenvalue weighted by Crippen LogP contribution is -2.50. The highest BCUT2D eigenvalue weighted by atomic mass is 16.2. The number of hydrogen-bond acceptors (Lipinski definition) is 3. The van der Waals surface area contributed by atoms with Crippen LogP contribution in [-0.2, 0) is 4.79 Å². The summed E-state index contributed by atoms with van der Waals surface area (Å²) in [4.78, 5) is 15.7. The Morgan fingerprint density at radius 3 is 2.31 bits per heavy atom. The van der Waals surface area contributed by atoms with Crippen molar-refractivity contribution in [3.05, 3.63) is 0 Å². The average molecular weight is 225 g/mol. The van der Waals surface area contributed by atoms with Gasteiger partial charge < -0.3 is 10.2 Å². The first-order chi connectivity index (χ1) is 7.65. The van der Waals surface area contributed by atoms with Gasteiger partial charge in [0.15, 0.2) is 0 Å². The molecule has 0 aromatic rings. The van der Waals surface area contributed by atoms with Crippen LogP contribution in [-0.4, -0.2) is 62.0 Å². The van der Waals surface area contributed by atoms with Gasteiger partial charge in [-0.15, -0.1) is 0 Å². The first kappa shape index (κ1) is 11.9. The quantitative estimate of drug-likeness (QED) is 0.740. The lowest BCUT2D eigenvalue weighted by molar-refractivity contribution is -0.130. The second-order valence-corrected chi connectivity index (χ2v) is 5.31. The zero-order valence-corrected chi connectivity index (χ0v) is 10.5. The molecule has 0 aromatic heterocycles. The molecule has 0 unspecified atom stereocenters. The predicted octanol–water partition coefficient (Wildman–Crippen LogP) is 0.150. The maximum atomic E-state index is 11.2. The van der Waals surface area contributed by atoms with Crippen LogP contribution in [0.5, 0.6) is 0 Å². The molecule has 92 valence electrons. The van der Waals surface area contributed by atoms with Crippen LogP contribution < -0.4 is 5.32 Å². The molecule has 1 heterocycles. The Labute approximate surface area is 98.0 Å². The number of hydrogen-bond donors (Lipinski definition) is 1. The minimum Gasteiger partial charge on any atom is -0.340 e. The van der Waals surface area contributed by atoms with E-state index in [2.05, 4.69) is 10.2 Å². The molecule has 0 radical (unpaired) electrons. The standard InChI is InChI=1S/C12H23N3O/c1-11(16)15-7-5-14(6-8-15)10-12(3-4-12)9-13-2/h13H,3-10H2,1-2H3. The molecule has 2 rings (SSSR count). The minimum atomic E-state index is 0.219. The van der Waals surface area contributed by atoms with Crippen LogP contribution in [0.25, 0.3) is 0 Å². The van der Waals surface area contributed by atoms with Gasteiger partial charge in [0.25, 0.3) is 0 Å². The van der Waals surface area contributed by atoms with Gasteiger partial charge >= 0.3 is 0 Å². The van der Waals surface area contributed by atoms with Crippen LogP contribution in [0.1, 0.15) is 19.8 Å². The summed E-state index contributed by atoms with van der Waals surface area (Å²) >= 11 is 0. The van der Waals surface area contributed by atoms with Gasteiger partial charge in [-0.05, 0) is 25.3 Å². The van der Waals surface area contributed by atoms with E-state index in [1.54, 1.807) is 6.92 Å². The summed E-state index contributed by atoms with van der Waals surface area (Å²) in [5.74, 6) is 0.219. The Balaban J connectivity index is 1.75. The summed E-state index contributed by atoms with van der Waals surface area (Å²) in [5.41, 5.74) is 0.549. The van der Waals surface area contributed by atoms with Crippen molar-refractivity contribution < 1.29 is 4.79 Å². The largest absolute Gasteiger partial charge is 0.340 e. The second-order valence-electron chi connectivity index (χ2n) is 5.31. The summed E-state index contributed by atoms with van der Waals surface area (Å²) in [7, 11) is 2.04. The van der Waals surface area contributed by atoms with Crippen LogP contribution in [0.2, 0.25) is 0 Å². The molecule has 0 spiro atoms. The Morgan fingerprint density at radius 1 is 1.25 bits per heavy atom. The molecule has 1 N–H and O–H groups in total. The Morgan fingerprint density at radius 2 is 1.88 bits per heavy atom. The molecule has 4 nitrogen and oxygen atoms in total. The number of rotatable bonds is 4. The van der Waals surface area contributed by atoms with Gasteiger partial charge in [0.1, 0.15) is 0 Å². The van der Waals surface area contributed by atoms with Crippen molar-refractivity contribution in [3.8, 4) is 0 Å². The number of nitrogens with one attached hydrogen (secondary N) is 1. The molecular formula is C12H23N3O. The lowest BCUT2D eigenvalue weighted by atomic mass is 10.1. The fraction of sp³-hybridized carbons (Fsp3) is 0.917. The topological polar surface area (TPSA) is 35.6 Å². The molecule has 1 saturated heterocycles. The van der Waals surface area contributed by atoms with E-state index in [0.29, 0.717) is 5.41 Å². The van der Waals surface area contributed by atoms with E-state index in [4.69, 9.17) is 0 Å². The zero-order chi connectivity index (χ0) is 11.6. The number of nitrogens with zero attached hydrogens (tertiary/aromatic N) is 2. The van der Waals surface area contributed by atoms with Gasteiger partial charge in [-0.25, -0.2) is 0 Å². The van der Waals surface area contributed by atoms with Crippen LogP contribution in [0.15, 0.2) is 0 Å². The third kappa shape index (κ3) is 2.74. The van der Waals surface area contributed by atoms with Crippen molar-refractivity contribution in [2.75, 3.05) is 46.3 Å². The Kier molecular flexibility index (Phi) is 3.50. The molecule has 1 aliphatic heterocycles. The predicted molar refractivity (Wildman–Crippen MR) is 64.3 cm³/mol. The van der Waals surface area contributed by atoms with Crippen molar-refractivity contribution in [1.82, 2.24) is 15.1 Å². The highest BCUT2D eigenvalue weighted by Crippen LogP contribution is 2.45. The molecule has 1 amide bonds. The van der Waals surface area contributed by atoms with Gasteiger partial charge in [-0.1, -0.05) is 0 Å². The average Bonchev–Trinajstić information content (AvgIpc) is 2.99. The van der Waals surface area contributed by atoms with E-state index >= 15 is 0 Å². The van der Waals surface area contributed by atoms with Crippen molar-refractivity contribution in [2.45, 2.75) is 19.8 Å². The van der Waals surface area contributed by atoms with E-state index in [1.807, 2.05) is 11.9 Å². The molecular weight excluding hydrogens is 202 g/mol. The van der Waals surface area contributed by atoms with Crippen molar-refractivity contribution in [3.63, 3.8) is 0 Å². The monoisotopic (exact) mass is 225 g/mol. The van der Waals surface area contributed by atoms with Crippen molar-refractivity contribution in [1.29, 1.82) is 0 Å². The third-order valence-corrected chi connectivity index (χ3v) is 3.89. The summed E-state index contributed by atoms with van der Waals surface area (Å²) < 4.78 is 0. The highest BCUT2D eigenvalue weighted by Gasteiger charge is 2.43. The van der Waals surface area contributed by atoms with Gasteiger partial charge in [-0.2, -0.15) is 0 Å². The first-order valence-electron chi connectivity index (χ1n) is 6.28. The van der Waals surface area contributed by atoms with E-state index < -0.39 is 0 Å². The second kappa shape index (κ2) is 4.72. The molecule has 1 saturated carbocycles. The number of carbonyl (C=O) groups excluding carboxylic acids is 1. The third-order valence-electron chi connectivity index (χ3n) is 3.89. The van der Waals surface area contributed by atoms with Crippen LogP contribution in [0, 0.1) is 5.41 Å². The van der Waals surface area contributed by atoms with Crippen molar-refractivity contribution >= 4 is 5.91 Å². The highest BCUT2D eigenvalue weighted by molar-refractivity contribution is 5.73. The van der Waals surface area contributed by atoms with Gasteiger partial charge in [0.2, 0.25) is 5.91 Å². The van der Waals surface area contributed by atoms with Crippen LogP contribution in [0.3, 0.4) is 0 Å². The van der Waals surface area contributed by atoms with Crippen LogP contribution in [0.4, 0.5) is 0 Å². The fourth-order valence-electron chi connectivity index (χ4n) is 2.64. The summed E-state index contributed by atoms with van der Waals surface area (Å²) in [6, 6.07) is 0. The van der Waals surface area contributed by atoms with E-state index in [0.717, 1.165) is 32.7 Å². The Hall–Kier alpha value is -0.610. The zero-order valence-electron chi connectivity index (χ0n) is 10.5. The molecule has 1 aliphatic carbocycles. The number of piperazine rings is 1. The lowest BCUT2D eigenvalue weighted by Gasteiger charge is -2.36. The SMILES string of the molecule is CNCC1(CN2CCN(C(C)=O)CC2)CC1. The summed E-state index contributed by atoms with van der Waals surface area (Å²) in [6.07, 6.45) is 2.72. The molecule has 0 aromatic carbocycles. The molecule has 16 heavy (non-hydrogen) atoms. The van der Waals surface area contributed by atoms with Gasteiger partial charge in [0.05, 0.1) is 0 Å². The van der Waals surface area contributed by atoms with E-state index in [1.165, 1.54) is 19.4 Å². The summed E-state index contributed by atoms with van der Waals surface area (Å²) in [6.45, 7) is 7.92. The van der Waals surface area contributed by atoms with E-state index in [9.17, 15) is 4.79 Å². The summed E-state index contributed by atoms with van der Waals surface area (Å²) in [5, 5.41) is 3.30. The molecule has 0 atom stereocenters. The maximum absolute atomic E-state index is 11.2. The number of amides is 1. The maximum Gasteiger partial charge on any atom is 0.219 e. The molecule has 4 heteroatoms. The van der Waals surface area contributed by atoms with Gasteiger partial charge in [0, 0.05) is 46.2 Å². The minimum absolute atomic E-state index is 0.219. The number of carbonyl (C=O) groups is 1. The normalized spacial score (nSPS) is 24.5. The Bertz CT molecular complexity index is 255. The molecule has 2 fully saturated rings. The van der Waals surface area contributed by atoms with Crippen molar-refractivity contribution in [2.24, 2.45) is 5.41 Å². The molecule has 2 aliphatic rings. The first-order valence-corrected chi connectivity index (χ1v) is 6.28. The van der Waals surface area contributed by atoms with Crippen LogP contribution >= 0.6 is 0 Å². The van der Waals surface area contributed by atoms with Gasteiger partial charge in [-0.3, -0.25) is 9.69 Å². The van der Waals surface area contributed by atoms with E-state index in [-0.39, 0.29) is 5.91 Å². The smallest absolute Gasteiger partial charge is 0.219 e. The fourth-order valence-corrected chi connectivity index (χ4v) is 2.64.